The molecule has 0 bridgehead atoms. The van der Waals surface area contributed by atoms with E-state index < -0.39 is 12.1 Å². The van der Waals surface area contributed by atoms with E-state index in [-0.39, 0.29) is 0 Å². The van der Waals surface area contributed by atoms with Crippen LogP contribution in [-0.2, 0) is 16.1 Å². The molecular weight excluding hydrogens is 308 g/mol. The largest absolute Gasteiger partial charge is 0.479 e. The molecule has 2 rings (SSSR count). The SMILES string of the molecule is Cc1ccccc1COC(CCSc1ccccc1C)C(=O)O. The summed E-state index contributed by atoms with van der Waals surface area (Å²) in [4.78, 5) is 12.6. The third kappa shape index (κ3) is 5.41. The maximum atomic E-state index is 11.4. The molecule has 0 aromatic heterocycles. The van der Waals surface area contributed by atoms with E-state index in [1.807, 2.05) is 43.3 Å². The monoisotopic (exact) mass is 330 g/mol. The highest BCUT2D eigenvalue weighted by Gasteiger charge is 2.18. The minimum Gasteiger partial charge on any atom is -0.479 e. The molecule has 0 aliphatic rings. The number of aryl methyl sites for hydroxylation is 2. The summed E-state index contributed by atoms with van der Waals surface area (Å²) in [5.74, 6) is -0.181. The molecule has 23 heavy (non-hydrogen) atoms. The zero-order valence-corrected chi connectivity index (χ0v) is 14.3. The number of aliphatic carboxylic acids is 1. The molecule has 122 valence electrons. The lowest BCUT2D eigenvalue weighted by Crippen LogP contribution is -2.24. The fourth-order valence-corrected chi connectivity index (χ4v) is 3.26. The third-order valence-corrected chi connectivity index (χ3v) is 4.92. The summed E-state index contributed by atoms with van der Waals surface area (Å²) in [6.45, 7) is 4.40. The number of carboxylic acid groups (broad SMARTS) is 1. The molecule has 0 fully saturated rings. The second-order valence-corrected chi connectivity index (χ2v) is 6.60. The average Bonchev–Trinajstić information content (AvgIpc) is 2.53. The number of rotatable bonds is 8. The quantitative estimate of drug-likeness (QED) is 0.726. The molecule has 3 nitrogen and oxygen atoms in total. The molecule has 1 unspecified atom stereocenters. The van der Waals surface area contributed by atoms with Gasteiger partial charge in [-0.1, -0.05) is 42.5 Å². The first-order chi connectivity index (χ1) is 11.1. The summed E-state index contributed by atoms with van der Waals surface area (Å²) >= 11 is 1.67. The minimum atomic E-state index is -0.899. The Morgan fingerprint density at radius 2 is 1.74 bits per heavy atom. The molecular formula is C19H22O3S. The molecule has 2 aromatic rings. The second kappa shape index (κ2) is 8.75. The number of hydrogen-bond donors (Lipinski definition) is 1. The lowest BCUT2D eigenvalue weighted by atomic mass is 10.1. The van der Waals surface area contributed by atoms with E-state index in [1.165, 1.54) is 10.5 Å². The van der Waals surface area contributed by atoms with Crippen molar-refractivity contribution >= 4 is 17.7 Å². The van der Waals surface area contributed by atoms with Gasteiger partial charge in [0.2, 0.25) is 0 Å². The van der Waals surface area contributed by atoms with E-state index in [4.69, 9.17) is 4.74 Å². The first-order valence-electron chi connectivity index (χ1n) is 7.65. The fraction of sp³-hybridized carbons (Fsp3) is 0.316. The van der Waals surface area contributed by atoms with Crippen molar-refractivity contribution in [3.8, 4) is 0 Å². The number of thioether (sulfide) groups is 1. The zero-order chi connectivity index (χ0) is 16.7. The molecule has 2 aromatic carbocycles. The van der Waals surface area contributed by atoms with Gasteiger partial charge in [0.25, 0.3) is 0 Å². The van der Waals surface area contributed by atoms with Gasteiger partial charge in [0.05, 0.1) is 6.61 Å². The number of carboxylic acids is 1. The van der Waals surface area contributed by atoms with Crippen molar-refractivity contribution in [2.75, 3.05) is 5.75 Å². The highest BCUT2D eigenvalue weighted by Crippen LogP contribution is 2.23. The summed E-state index contributed by atoms with van der Waals surface area (Å²) in [5.41, 5.74) is 3.36. The van der Waals surface area contributed by atoms with Crippen LogP contribution >= 0.6 is 11.8 Å². The van der Waals surface area contributed by atoms with Crippen molar-refractivity contribution in [3.05, 3.63) is 65.2 Å². The Hall–Kier alpha value is -1.78. The third-order valence-electron chi connectivity index (χ3n) is 3.71. The Kier molecular flexibility index (Phi) is 6.68. The van der Waals surface area contributed by atoms with Crippen LogP contribution in [0, 0.1) is 13.8 Å². The van der Waals surface area contributed by atoms with E-state index in [0.29, 0.717) is 13.0 Å². The van der Waals surface area contributed by atoms with Gasteiger partial charge in [-0.3, -0.25) is 0 Å². The number of carbonyl (C=O) groups is 1. The van der Waals surface area contributed by atoms with Crippen LogP contribution in [0.2, 0.25) is 0 Å². The van der Waals surface area contributed by atoms with Gasteiger partial charge in [0, 0.05) is 10.6 Å². The molecule has 0 saturated carbocycles. The summed E-state index contributed by atoms with van der Waals surface area (Å²) in [6, 6.07) is 16.0. The Morgan fingerprint density at radius 1 is 1.09 bits per heavy atom. The van der Waals surface area contributed by atoms with E-state index in [1.54, 1.807) is 11.8 Å². The predicted molar refractivity (Wildman–Crippen MR) is 93.9 cm³/mol. The van der Waals surface area contributed by atoms with Gasteiger partial charge in [-0.15, -0.1) is 11.8 Å². The number of benzene rings is 2. The van der Waals surface area contributed by atoms with E-state index >= 15 is 0 Å². The van der Waals surface area contributed by atoms with Gasteiger partial charge in [-0.2, -0.15) is 0 Å². The van der Waals surface area contributed by atoms with Gasteiger partial charge in [0.1, 0.15) is 0 Å². The summed E-state index contributed by atoms with van der Waals surface area (Å²) in [7, 11) is 0. The molecule has 0 saturated heterocycles. The highest BCUT2D eigenvalue weighted by molar-refractivity contribution is 7.99. The predicted octanol–water partition coefficient (Wildman–Crippen LogP) is 4.46. The van der Waals surface area contributed by atoms with Crippen LogP contribution in [0.15, 0.2) is 53.4 Å². The average molecular weight is 330 g/mol. The van der Waals surface area contributed by atoms with Crippen molar-refractivity contribution in [2.24, 2.45) is 0 Å². The van der Waals surface area contributed by atoms with Crippen molar-refractivity contribution < 1.29 is 14.6 Å². The molecule has 1 N–H and O–H groups in total. The van der Waals surface area contributed by atoms with E-state index in [9.17, 15) is 9.90 Å². The van der Waals surface area contributed by atoms with Gasteiger partial charge in [-0.05, 0) is 43.0 Å². The van der Waals surface area contributed by atoms with Crippen molar-refractivity contribution in [3.63, 3.8) is 0 Å². The lowest BCUT2D eigenvalue weighted by Gasteiger charge is -2.15. The number of hydrogen-bond acceptors (Lipinski definition) is 3. The van der Waals surface area contributed by atoms with Crippen LogP contribution in [-0.4, -0.2) is 22.9 Å². The highest BCUT2D eigenvalue weighted by atomic mass is 32.2. The summed E-state index contributed by atoms with van der Waals surface area (Å²) in [6.07, 6.45) is -0.286. The molecule has 0 spiro atoms. The van der Waals surface area contributed by atoms with Crippen molar-refractivity contribution in [1.82, 2.24) is 0 Å². The van der Waals surface area contributed by atoms with Crippen LogP contribution in [0.1, 0.15) is 23.1 Å². The Labute approximate surface area is 141 Å². The molecule has 0 amide bonds. The minimum absolute atomic E-state index is 0.332. The van der Waals surface area contributed by atoms with E-state index in [2.05, 4.69) is 19.1 Å². The molecule has 0 radical (unpaired) electrons. The maximum Gasteiger partial charge on any atom is 0.332 e. The van der Waals surface area contributed by atoms with Gasteiger partial charge >= 0.3 is 5.97 Å². The summed E-state index contributed by atoms with van der Waals surface area (Å²) < 4.78 is 5.63. The molecule has 1 atom stereocenters. The maximum absolute atomic E-state index is 11.4. The van der Waals surface area contributed by atoms with Gasteiger partial charge < -0.3 is 9.84 Å². The zero-order valence-electron chi connectivity index (χ0n) is 13.5. The second-order valence-electron chi connectivity index (χ2n) is 5.47. The van der Waals surface area contributed by atoms with Crippen LogP contribution in [0.3, 0.4) is 0 Å². The van der Waals surface area contributed by atoms with Crippen LogP contribution in [0.5, 0.6) is 0 Å². The van der Waals surface area contributed by atoms with Crippen LogP contribution < -0.4 is 0 Å². The molecule has 0 aliphatic carbocycles. The number of ether oxygens (including phenoxy) is 1. The topological polar surface area (TPSA) is 46.5 Å². The van der Waals surface area contributed by atoms with Crippen LogP contribution in [0.4, 0.5) is 0 Å². The Balaban J connectivity index is 1.86. The van der Waals surface area contributed by atoms with Crippen LogP contribution in [0.25, 0.3) is 0 Å². The van der Waals surface area contributed by atoms with Gasteiger partial charge in [-0.25, -0.2) is 4.79 Å². The standard InChI is InChI=1S/C19H22O3S/c1-14-7-3-5-9-16(14)13-22-17(19(20)21)11-12-23-18-10-6-4-8-15(18)2/h3-10,17H,11-13H2,1-2H3,(H,20,21). The van der Waals surface area contributed by atoms with E-state index in [0.717, 1.165) is 16.9 Å². The first kappa shape index (κ1) is 17.6. The lowest BCUT2D eigenvalue weighted by molar-refractivity contribution is -0.151. The smallest absolute Gasteiger partial charge is 0.332 e. The molecule has 4 heteroatoms. The van der Waals surface area contributed by atoms with Crippen molar-refractivity contribution in [1.29, 1.82) is 0 Å². The van der Waals surface area contributed by atoms with Gasteiger partial charge in [0.15, 0.2) is 6.10 Å². The molecule has 0 heterocycles. The normalized spacial score (nSPS) is 12.1. The summed E-state index contributed by atoms with van der Waals surface area (Å²) in [5, 5.41) is 9.34. The Bertz CT molecular complexity index is 655. The Morgan fingerprint density at radius 3 is 2.39 bits per heavy atom. The molecule has 0 aliphatic heterocycles. The fourth-order valence-electron chi connectivity index (χ4n) is 2.23. The van der Waals surface area contributed by atoms with Crippen molar-refractivity contribution in [2.45, 2.75) is 37.9 Å². The first-order valence-corrected chi connectivity index (χ1v) is 8.64.